The number of hydrogen-bond donors (Lipinski definition) is 1. The summed E-state index contributed by atoms with van der Waals surface area (Å²) in [5.74, 6) is -0.0534. The second-order valence-corrected chi connectivity index (χ2v) is 9.02. The van der Waals surface area contributed by atoms with E-state index in [1.807, 2.05) is 6.92 Å². The summed E-state index contributed by atoms with van der Waals surface area (Å²) in [7, 11) is 0. The molecule has 0 saturated carbocycles. The van der Waals surface area contributed by atoms with Crippen LogP contribution in [0.25, 0.3) is 0 Å². The lowest BCUT2D eigenvalue weighted by atomic mass is 10.2. The highest BCUT2D eigenvalue weighted by Gasteiger charge is 2.26. The van der Waals surface area contributed by atoms with E-state index in [9.17, 15) is 9.59 Å². The summed E-state index contributed by atoms with van der Waals surface area (Å²) < 4.78 is 1.63. The smallest absolute Gasteiger partial charge is 0.268 e. The third-order valence-electron chi connectivity index (χ3n) is 3.81. The van der Waals surface area contributed by atoms with E-state index in [1.165, 1.54) is 11.8 Å². The van der Waals surface area contributed by atoms with Crippen LogP contribution in [0.15, 0.2) is 33.0 Å². The minimum atomic E-state index is -0.200. The van der Waals surface area contributed by atoms with Gasteiger partial charge in [-0.2, -0.15) is 0 Å². The van der Waals surface area contributed by atoms with Gasteiger partial charge in [0.15, 0.2) is 5.16 Å². The van der Waals surface area contributed by atoms with Crippen LogP contribution < -0.4 is 10.9 Å². The van der Waals surface area contributed by atoms with Gasteiger partial charge in [0, 0.05) is 23.9 Å². The SMILES string of the molecule is CCn1c(SCC(=O)Nc2ccc(Cl)c(Cl)c2)nc2c(c1=O)S[C@@H](C)C2. The van der Waals surface area contributed by atoms with Crippen molar-refractivity contribution >= 4 is 58.3 Å². The Labute approximate surface area is 169 Å². The van der Waals surface area contributed by atoms with Gasteiger partial charge >= 0.3 is 0 Å². The van der Waals surface area contributed by atoms with Crippen LogP contribution in [0.2, 0.25) is 10.0 Å². The Morgan fingerprint density at radius 1 is 1.42 bits per heavy atom. The Balaban J connectivity index is 1.72. The zero-order valence-corrected chi connectivity index (χ0v) is 17.4. The summed E-state index contributed by atoms with van der Waals surface area (Å²) in [5.41, 5.74) is 1.40. The average Bonchev–Trinajstić information content (AvgIpc) is 2.97. The van der Waals surface area contributed by atoms with Gasteiger partial charge in [0.2, 0.25) is 5.91 Å². The van der Waals surface area contributed by atoms with E-state index in [0.29, 0.717) is 32.7 Å². The standard InChI is InChI=1S/C17H17Cl2N3O2S2/c1-3-22-16(24)15-13(6-9(2)26-15)21-17(22)25-8-14(23)20-10-4-5-11(18)12(19)7-10/h4-5,7,9H,3,6,8H2,1-2H3,(H,20,23)/t9-/m0/s1. The molecule has 0 unspecified atom stereocenters. The minimum absolute atomic E-state index is 0.0146. The van der Waals surface area contributed by atoms with Crippen molar-refractivity contribution in [3.8, 4) is 0 Å². The molecular weight excluding hydrogens is 413 g/mol. The Kier molecular flexibility index (Phi) is 6.22. The first kappa shape index (κ1) is 19.6. The minimum Gasteiger partial charge on any atom is -0.325 e. The average molecular weight is 430 g/mol. The number of hydrogen-bond acceptors (Lipinski definition) is 5. The first-order chi connectivity index (χ1) is 12.4. The van der Waals surface area contributed by atoms with Crippen molar-refractivity contribution in [1.82, 2.24) is 9.55 Å². The lowest BCUT2D eigenvalue weighted by Crippen LogP contribution is -2.25. The molecule has 0 spiro atoms. The molecule has 2 heterocycles. The van der Waals surface area contributed by atoms with Crippen molar-refractivity contribution < 1.29 is 4.79 Å². The van der Waals surface area contributed by atoms with Crippen LogP contribution in [0.5, 0.6) is 0 Å². The molecule has 3 rings (SSSR count). The zero-order chi connectivity index (χ0) is 18.8. The lowest BCUT2D eigenvalue weighted by Gasteiger charge is -2.12. The number of aromatic nitrogens is 2. The number of fused-ring (bicyclic) bond motifs is 1. The maximum absolute atomic E-state index is 12.6. The van der Waals surface area contributed by atoms with E-state index >= 15 is 0 Å². The Bertz CT molecular complexity index is 918. The number of thioether (sulfide) groups is 2. The predicted octanol–water partition coefficient (Wildman–Crippen LogP) is 4.34. The number of nitrogens with one attached hydrogen (secondary N) is 1. The number of nitrogens with zero attached hydrogens (tertiary/aromatic N) is 2. The number of carbonyl (C=O) groups excluding carboxylic acids is 1. The van der Waals surface area contributed by atoms with Crippen molar-refractivity contribution in [2.75, 3.05) is 11.1 Å². The van der Waals surface area contributed by atoms with E-state index in [1.54, 1.807) is 34.5 Å². The first-order valence-corrected chi connectivity index (χ1v) is 10.7. The quantitative estimate of drug-likeness (QED) is 0.565. The van der Waals surface area contributed by atoms with Crippen LogP contribution in [0.1, 0.15) is 19.5 Å². The highest BCUT2D eigenvalue weighted by atomic mass is 35.5. The topological polar surface area (TPSA) is 64.0 Å². The van der Waals surface area contributed by atoms with Gasteiger partial charge in [-0.25, -0.2) is 4.98 Å². The molecule has 1 atom stereocenters. The monoisotopic (exact) mass is 429 g/mol. The molecule has 1 aromatic carbocycles. The summed E-state index contributed by atoms with van der Waals surface area (Å²) in [4.78, 5) is 30.2. The van der Waals surface area contributed by atoms with E-state index in [4.69, 9.17) is 23.2 Å². The molecule has 5 nitrogen and oxygen atoms in total. The third-order valence-corrected chi connectivity index (χ3v) is 6.75. The number of benzene rings is 1. The molecule has 9 heteroatoms. The zero-order valence-electron chi connectivity index (χ0n) is 14.2. The molecule has 0 radical (unpaired) electrons. The van der Waals surface area contributed by atoms with Gasteiger partial charge in [0.25, 0.3) is 5.56 Å². The van der Waals surface area contributed by atoms with Crippen LogP contribution >= 0.6 is 46.7 Å². The summed E-state index contributed by atoms with van der Waals surface area (Å²) >= 11 is 14.7. The van der Waals surface area contributed by atoms with Gasteiger partial charge in [-0.1, -0.05) is 41.9 Å². The number of rotatable bonds is 5. The highest BCUT2D eigenvalue weighted by Crippen LogP contribution is 2.34. The molecule has 138 valence electrons. The number of halogens is 2. The van der Waals surface area contributed by atoms with Crippen LogP contribution in [-0.2, 0) is 17.8 Å². The van der Waals surface area contributed by atoms with Crippen molar-refractivity contribution in [2.24, 2.45) is 0 Å². The van der Waals surface area contributed by atoms with Gasteiger partial charge in [0.1, 0.15) is 0 Å². The van der Waals surface area contributed by atoms with Crippen molar-refractivity contribution in [2.45, 2.75) is 42.1 Å². The third kappa shape index (κ3) is 4.22. The van der Waals surface area contributed by atoms with E-state index in [2.05, 4.69) is 17.2 Å². The molecule has 1 aliphatic rings. The van der Waals surface area contributed by atoms with Gasteiger partial charge < -0.3 is 5.32 Å². The fourth-order valence-electron chi connectivity index (χ4n) is 2.62. The molecule has 0 fully saturated rings. The van der Waals surface area contributed by atoms with Crippen LogP contribution in [0.3, 0.4) is 0 Å². The van der Waals surface area contributed by atoms with Crippen LogP contribution in [0, 0.1) is 0 Å². The normalized spacial score (nSPS) is 15.8. The molecule has 0 aliphatic carbocycles. The molecule has 1 N–H and O–H groups in total. The van der Waals surface area contributed by atoms with Crippen molar-refractivity contribution in [3.63, 3.8) is 0 Å². The molecule has 1 amide bonds. The second-order valence-electron chi connectivity index (χ2n) is 5.82. The first-order valence-electron chi connectivity index (χ1n) is 8.07. The number of anilines is 1. The maximum atomic E-state index is 12.6. The predicted molar refractivity (Wildman–Crippen MR) is 109 cm³/mol. The Morgan fingerprint density at radius 3 is 2.88 bits per heavy atom. The van der Waals surface area contributed by atoms with Crippen LogP contribution in [-0.4, -0.2) is 26.5 Å². The second kappa shape index (κ2) is 8.25. The van der Waals surface area contributed by atoms with Gasteiger partial charge in [0.05, 0.1) is 26.4 Å². The Hall–Kier alpha value is -1.15. The number of carbonyl (C=O) groups is 1. The van der Waals surface area contributed by atoms with Gasteiger partial charge in [-0.05, 0) is 25.1 Å². The molecule has 1 aliphatic heterocycles. The fourth-order valence-corrected chi connectivity index (χ4v) is 4.91. The molecule has 2 aromatic rings. The van der Waals surface area contributed by atoms with E-state index in [0.717, 1.165) is 17.0 Å². The molecule has 0 saturated heterocycles. The summed E-state index contributed by atoms with van der Waals surface area (Å²) in [6.45, 7) is 4.50. The maximum Gasteiger partial charge on any atom is 0.268 e. The summed E-state index contributed by atoms with van der Waals surface area (Å²) in [5, 5.41) is 4.51. The van der Waals surface area contributed by atoms with Gasteiger partial charge in [-0.3, -0.25) is 14.2 Å². The fraction of sp³-hybridized carbons (Fsp3) is 0.353. The molecular formula is C17H17Cl2N3O2S2. The van der Waals surface area contributed by atoms with E-state index in [-0.39, 0.29) is 17.2 Å². The van der Waals surface area contributed by atoms with E-state index < -0.39 is 0 Å². The van der Waals surface area contributed by atoms with Crippen LogP contribution in [0.4, 0.5) is 5.69 Å². The highest BCUT2D eigenvalue weighted by molar-refractivity contribution is 8.00. The van der Waals surface area contributed by atoms with Crippen molar-refractivity contribution in [1.29, 1.82) is 0 Å². The lowest BCUT2D eigenvalue weighted by molar-refractivity contribution is -0.113. The Morgan fingerprint density at radius 2 is 2.19 bits per heavy atom. The molecule has 26 heavy (non-hydrogen) atoms. The number of amides is 1. The summed E-state index contributed by atoms with van der Waals surface area (Å²) in [6, 6.07) is 4.91. The molecule has 1 aromatic heterocycles. The van der Waals surface area contributed by atoms with Gasteiger partial charge in [-0.15, -0.1) is 11.8 Å². The van der Waals surface area contributed by atoms with Crippen molar-refractivity contribution in [3.05, 3.63) is 44.3 Å². The largest absolute Gasteiger partial charge is 0.325 e. The molecule has 0 bridgehead atoms. The summed E-state index contributed by atoms with van der Waals surface area (Å²) in [6.07, 6.45) is 0.781.